The van der Waals surface area contributed by atoms with Crippen LogP contribution in [0.3, 0.4) is 0 Å². The van der Waals surface area contributed by atoms with E-state index >= 15 is 0 Å². The summed E-state index contributed by atoms with van der Waals surface area (Å²) >= 11 is 18.7. The molecule has 0 fully saturated rings. The Morgan fingerprint density at radius 2 is 1.42 bits per heavy atom. The number of hydrogen-bond acceptors (Lipinski definition) is 2. The quantitative estimate of drug-likeness (QED) is 0.624. The molecule has 0 amide bonds. The first kappa shape index (κ1) is 19.0. The molecule has 0 atom stereocenters. The Balaban J connectivity index is 2.34. The standard InChI is InChI=1S/C19H17BCl3NO2/c1-13(25)17-14(2)26-20(15-9-5-3-6-10-15,16-11-7-4-8-12-16)24-18(17)19(21,22)23/h3-12,24H,1-2H3. The molecule has 0 bridgehead atoms. The van der Waals surface area contributed by atoms with Crippen molar-refractivity contribution in [2.75, 3.05) is 0 Å². The van der Waals surface area contributed by atoms with Crippen molar-refractivity contribution in [3.8, 4) is 0 Å². The number of halogens is 3. The predicted octanol–water partition coefficient (Wildman–Crippen LogP) is 2.03. The van der Waals surface area contributed by atoms with E-state index in [1.165, 1.54) is 6.92 Å². The van der Waals surface area contributed by atoms with Gasteiger partial charge in [0.1, 0.15) is 5.57 Å². The maximum absolute atomic E-state index is 12.2. The highest BCUT2D eigenvalue weighted by Crippen LogP contribution is 2.32. The van der Waals surface area contributed by atoms with Crippen molar-refractivity contribution < 1.29 is 14.4 Å². The molecule has 0 aliphatic carbocycles. The summed E-state index contributed by atoms with van der Waals surface area (Å²) < 4.78 is 4.56. The van der Waals surface area contributed by atoms with Crippen LogP contribution in [0.1, 0.15) is 13.8 Å². The van der Waals surface area contributed by atoms with Crippen LogP contribution in [0.4, 0.5) is 0 Å². The number of nitrogens with one attached hydrogen (secondary N) is 1. The van der Waals surface area contributed by atoms with Crippen LogP contribution >= 0.6 is 34.8 Å². The summed E-state index contributed by atoms with van der Waals surface area (Å²) in [4.78, 5) is 15.5. The van der Waals surface area contributed by atoms with Gasteiger partial charge in [0.15, 0.2) is 11.5 Å². The fraction of sp³-hybridized carbons (Fsp3) is 0.158. The lowest BCUT2D eigenvalue weighted by molar-refractivity contribution is -0.324. The monoisotopic (exact) mass is 407 g/mol. The second-order valence-corrected chi connectivity index (χ2v) is 8.51. The maximum atomic E-state index is 12.2. The second-order valence-electron chi connectivity index (χ2n) is 6.23. The van der Waals surface area contributed by atoms with Gasteiger partial charge in [0.25, 0.3) is 3.79 Å². The van der Waals surface area contributed by atoms with Crippen LogP contribution in [-0.2, 0) is 9.45 Å². The van der Waals surface area contributed by atoms with Crippen molar-refractivity contribution in [3.05, 3.63) is 72.0 Å². The van der Waals surface area contributed by atoms with Crippen molar-refractivity contribution in [1.29, 1.82) is 0 Å². The molecule has 2 aromatic rings. The van der Waals surface area contributed by atoms with E-state index in [0.29, 0.717) is 5.76 Å². The molecular formula is C19H17BCl3NO2. The molecule has 2 aromatic carbocycles. The molecule has 1 aliphatic heterocycles. The van der Waals surface area contributed by atoms with Crippen LogP contribution in [0.2, 0.25) is 0 Å². The zero-order valence-electron chi connectivity index (χ0n) is 14.3. The Morgan fingerprint density at radius 1 is 0.962 bits per heavy atom. The summed E-state index contributed by atoms with van der Waals surface area (Å²) in [5, 5.41) is 0. The number of carbonyl (C=O) groups excluding carboxylic acids is 1. The molecular weight excluding hydrogens is 391 g/mol. The van der Waals surface area contributed by atoms with Crippen molar-refractivity contribution in [2.24, 2.45) is 0 Å². The molecule has 134 valence electrons. The number of carbonyl (C=O) groups is 1. The summed E-state index contributed by atoms with van der Waals surface area (Å²) in [5.41, 5.74) is 2.25. The van der Waals surface area contributed by atoms with Gasteiger partial charge in [0.2, 0.25) is 0 Å². The van der Waals surface area contributed by atoms with Gasteiger partial charge in [-0.2, -0.15) is 0 Å². The molecule has 3 rings (SSSR count). The van der Waals surface area contributed by atoms with Gasteiger partial charge >= 0.3 is 6.48 Å². The summed E-state index contributed by atoms with van der Waals surface area (Å²) in [5.74, 6) is 0.187. The SMILES string of the molecule is CC(=O)C1=C(C)O[B-](c2ccccc2)(c2ccccc2)[NH+]=C1C(Cl)(Cl)Cl. The van der Waals surface area contributed by atoms with Crippen molar-refractivity contribution in [3.63, 3.8) is 0 Å². The first-order valence-corrected chi connectivity index (χ1v) is 9.28. The molecule has 1 aliphatic rings. The number of benzene rings is 2. The van der Waals surface area contributed by atoms with E-state index in [1.807, 2.05) is 60.7 Å². The van der Waals surface area contributed by atoms with Crippen LogP contribution < -0.4 is 15.8 Å². The largest absolute Gasteiger partial charge is 0.654 e. The predicted molar refractivity (Wildman–Crippen MR) is 109 cm³/mol. The molecule has 26 heavy (non-hydrogen) atoms. The minimum atomic E-state index is -1.97. The van der Waals surface area contributed by atoms with Gasteiger partial charge < -0.3 is 9.56 Å². The number of Topliss-reactive ketones (excluding diaryl/α,β-unsaturated/α-hetero) is 1. The zero-order valence-corrected chi connectivity index (χ0v) is 16.6. The minimum Gasteiger partial charge on any atom is -0.654 e. The topological polar surface area (TPSA) is 40.3 Å². The van der Waals surface area contributed by atoms with E-state index in [1.54, 1.807) is 6.92 Å². The van der Waals surface area contributed by atoms with Crippen molar-refractivity contribution in [2.45, 2.75) is 17.6 Å². The van der Waals surface area contributed by atoms with Gasteiger partial charge in [-0.05, 0) is 13.8 Å². The molecule has 0 unspecified atom stereocenters. The van der Waals surface area contributed by atoms with Crippen LogP contribution in [0.15, 0.2) is 72.0 Å². The Labute approximate surface area is 167 Å². The normalized spacial score (nSPS) is 16.7. The lowest BCUT2D eigenvalue weighted by atomic mass is 9.42. The smallest absolute Gasteiger partial charge is 0.506 e. The van der Waals surface area contributed by atoms with E-state index in [-0.39, 0.29) is 17.1 Å². The van der Waals surface area contributed by atoms with Gasteiger partial charge in [-0.3, -0.25) is 4.79 Å². The number of hydrogen-bond donors (Lipinski definition) is 1. The van der Waals surface area contributed by atoms with Crippen molar-refractivity contribution >= 4 is 63.7 Å². The summed E-state index contributed by atoms with van der Waals surface area (Å²) in [6.45, 7) is 1.17. The Kier molecular flexibility index (Phi) is 5.20. The number of allylic oxidation sites excluding steroid dienone is 2. The van der Waals surface area contributed by atoms with Gasteiger partial charge in [0, 0.05) is 0 Å². The van der Waals surface area contributed by atoms with E-state index in [0.717, 1.165) is 10.9 Å². The summed E-state index contributed by atoms with van der Waals surface area (Å²) in [6, 6.07) is 19.3. The molecule has 0 saturated heterocycles. The van der Waals surface area contributed by atoms with Crippen LogP contribution in [0.5, 0.6) is 0 Å². The number of alkyl halides is 3. The molecule has 7 heteroatoms. The first-order chi connectivity index (χ1) is 12.3. The van der Waals surface area contributed by atoms with E-state index in [4.69, 9.17) is 39.5 Å². The first-order valence-electron chi connectivity index (χ1n) is 8.15. The van der Waals surface area contributed by atoms with Crippen LogP contribution in [-0.4, -0.2) is 21.8 Å². The molecule has 1 heterocycles. The third kappa shape index (κ3) is 3.42. The fourth-order valence-corrected chi connectivity index (χ4v) is 3.84. The summed E-state index contributed by atoms with van der Waals surface area (Å²) in [7, 11) is 0. The third-order valence-electron chi connectivity index (χ3n) is 4.48. The second kappa shape index (κ2) is 7.11. The van der Waals surface area contributed by atoms with E-state index < -0.39 is 10.3 Å². The highest BCUT2D eigenvalue weighted by molar-refractivity contribution is 6.92. The van der Waals surface area contributed by atoms with Gasteiger partial charge in [-0.1, -0.05) is 106 Å². The fourth-order valence-electron chi connectivity index (χ4n) is 3.40. The maximum Gasteiger partial charge on any atom is 0.506 e. The highest BCUT2D eigenvalue weighted by atomic mass is 35.6. The minimum absolute atomic E-state index is 0.228. The van der Waals surface area contributed by atoms with Crippen LogP contribution in [0, 0.1) is 0 Å². The molecule has 0 spiro atoms. The molecule has 0 saturated carbocycles. The third-order valence-corrected chi connectivity index (χ3v) is 5.04. The van der Waals surface area contributed by atoms with E-state index in [2.05, 4.69) is 4.90 Å². The van der Waals surface area contributed by atoms with Gasteiger partial charge in [0.05, 0.1) is 5.76 Å². The lowest BCUT2D eigenvalue weighted by Crippen LogP contribution is -3.03. The molecule has 3 nitrogen and oxygen atoms in total. The average molecular weight is 409 g/mol. The Morgan fingerprint density at radius 3 is 1.81 bits per heavy atom. The number of rotatable bonds is 3. The molecule has 1 N–H and O–H groups in total. The molecule has 0 radical (unpaired) electrons. The zero-order chi connectivity index (χ0) is 18.9. The number of ketones is 1. The average Bonchev–Trinajstić information content (AvgIpc) is 2.61. The Bertz CT molecular complexity index is 851. The Hall–Kier alpha value is -1.75. The van der Waals surface area contributed by atoms with E-state index in [9.17, 15) is 4.79 Å². The van der Waals surface area contributed by atoms with Crippen LogP contribution in [0.25, 0.3) is 0 Å². The van der Waals surface area contributed by atoms with Gasteiger partial charge in [-0.25, -0.2) is 0 Å². The lowest BCUT2D eigenvalue weighted by Gasteiger charge is -2.39. The molecule has 0 aromatic heterocycles. The highest BCUT2D eigenvalue weighted by Gasteiger charge is 2.50. The van der Waals surface area contributed by atoms with Crippen molar-refractivity contribution in [1.82, 2.24) is 0 Å². The summed E-state index contributed by atoms with van der Waals surface area (Å²) in [6.07, 6.45) is 0. The van der Waals surface area contributed by atoms with Gasteiger partial charge in [-0.15, -0.1) is 0 Å².